The minimum absolute atomic E-state index is 0.103. The molecule has 0 aliphatic rings. The summed E-state index contributed by atoms with van der Waals surface area (Å²) in [5.74, 6) is -0.103. The van der Waals surface area contributed by atoms with Gasteiger partial charge in [-0.1, -0.05) is 23.4 Å². The Hall–Kier alpha value is -1.89. The number of hydrogen-bond acceptors (Lipinski definition) is 3. The Kier molecular flexibility index (Phi) is 3.92. The number of aromatic nitrogens is 1. The number of rotatable bonds is 3. The van der Waals surface area contributed by atoms with E-state index in [2.05, 4.69) is 33.1 Å². The molecule has 0 saturated carbocycles. The number of anilines is 1. The Bertz CT molecular complexity index is 811. The average Bonchev–Trinajstić information content (AvgIpc) is 2.86. The molecule has 5 heteroatoms. The third-order valence-electron chi connectivity index (χ3n) is 3.24. The number of fused-ring (bicyclic) bond motifs is 1. The zero-order valence-corrected chi connectivity index (χ0v) is 13.5. The van der Waals surface area contributed by atoms with Gasteiger partial charge in [-0.15, -0.1) is 0 Å². The molecule has 0 spiro atoms. The molecule has 0 aliphatic heterocycles. The highest BCUT2D eigenvalue weighted by Crippen LogP contribution is 2.20. The number of hydrogen-bond donors (Lipinski definition) is 1. The van der Waals surface area contributed by atoms with Crippen LogP contribution in [0.4, 0.5) is 5.69 Å². The smallest absolute Gasteiger partial charge is 0.230 e. The van der Waals surface area contributed by atoms with E-state index in [1.54, 1.807) is 0 Å². The number of benzene rings is 2. The molecule has 0 fully saturated rings. The summed E-state index contributed by atoms with van der Waals surface area (Å²) in [6.07, 6.45) is 0.196. The van der Waals surface area contributed by atoms with Crippen molar-refractivity contribution in [3.05, 3.63) is 57.3 Å². The van der Waals surface area contributed by atoms with Crippen LogP contribution in [0.25, 0.3) is 11.0 Å². The Morgan fingerprint density at radius 2 is 2.10 bits per heavy atom. The molecular weight excluding hydrogens is 379 g/mol. The molecule has 4 nitrogen and oxygen atoms in total. The van der Waals surface area contributed by atoms with Crippen LogP contribution < -0.4 is 5.32 Å². The molecular formula is C16H13IN2O2. The van der Waals surface area contributed by atoms with E-state index in [1.165, 1.54) is 5.56 Å². The Morgan fingerprint density at radius 3 is 2.90 bits per heavy atom. The van der Waals surface area contributed by atoms with Gasteiger partial charge in [0.2, 0.25) is 5.91 Å². The minimum atomic E-state index is -0.103. The number of halogens is 1. The first-order valence-electron chi connectivity index (χ1n) is 6.53. The van der Waals surface area contributed by atoms with Crippen molar-refractivity contribution >= 4 is 45.2 Å². The normalized spacial score (nSPS) is 10.8. The maximum Gasteiger partial charge on any atom is 0.230 e. The van der Waals surface area contributed by atoms with Gasteiger partial charge in [0.1, 0.15) is 5.69 Å². The predicted molar refractivity (Wildman–Crippen MR) is 90.2 cm³/mol. The van der Waals surface area contributed by atoms with E-state index in [-0.39, 0.29) is 12.3 Å². The highest BCUT2D eigenvalue weighted by atomic mass is 127. The van der Waals surface area contributed by atoms with E-state index >= 15 is 0 Å². The number of amides is 1. The molecule has 21 heavy (non-hydrogen) atoms. The van der Waals surface area contributed by atoms with E-state index in [4.69, 9.17) is 4.52 Å². The highest BCUT2D eigenvalue weighted by molar-refractivity contribution is 14.1. The second kappa shape index (κ2) is 5.85. The fourth-order valence-corrected chi connectivity index (χ4v) is 2.61. The van der Waals surface area contributed by atoms with Crippen molar-refractivity contribution in [2.24, 2.45) is 0 Å². The van der Waals surface area contributed by atoms with Crippen molar-refractivity contribution in [2.75, 3.05) is 5.32 Å². The van der Waals surface area contributed by atoms with Gasteiger partial charge in [-0.05, 0) is 59.3 Å². The fraction of sp³-hybridized carbons (Fsp3) is 0.125. The average molecular weight is 392 g/mol. The third-order valence-corrected chi connectivity index (χ3v) is 4.40. The molecule has 1 heterocycles. The van der Waals surface area contributed by atoms with Gasteiger partial charge in [-0.2, -0.15) is 0 Å². The van der Waals surface area contributed by atoms with Crippen molar-refractivity contribution in [2.45, 2.75) is 13.3 Å². The van der Waals surface area contributed by atoms with E-state index in [9.17, 15) is 4.79 Å². The van der Waals surface area contributed by atoms with Gasteiger partial charge in [0, 0.05) is 14.6 Å². The lowest BCUT2D eigenvalue weighted by Gasteiger charge is -2.06. The summed E-state index contributed by atoms with van der Waals surface area (Å²) in [6.45, 7) is 2.04. The first-order chi connectivity index (χ1) is 10.1. The van der Waals surface area contributed by atoms with Gasteiger partial charge in [-0.3, -0.25) is 4.79 Å². The molecule has 3 aromatic rings. The molecule has 3 rings (SSSR count). The summed E-state index contributed by atoms with van der Waals surface area (Å²) in [5, 5.41) is 7.74. The lowest BCUT2D eigenvalue weighted by Crippen LogP contribution is -2.14. The van der Waals surface area contributed by atoms with Crippen molar-refractivity contribution in [1.29, 1.82) is 0 Å². The van der Waals surface area contributed by atoms with Gasteiger partial charge >= 0.3 is 0 Å². The van der Waals surface area contributed by atoms with E-state index in [1.807, 2.05) is 49.4 Å². The monoisotopic (exact) mass is 392 g/mol. The Morgan fingerprint density at radius 1 is 1.29 bits per heavy atom. The number of nitrogens with one attached hydrogen (secondary N) is 1. The third kappa shape index (κ3) is 3.07. The van der Waals surface area contributed by atoms with E-state index < -0.39 is 0 Å². The molecule has 0 atom stereocenters. The first-order valence-corrected chi connectivity index (χ1v) is 7.60. The van der Waals surface area contributed by atoms with Crippen LogP contribution in [0.3, 0.4) is 0 Å². The molecule has 2 aromatic carbocycles. The number of carbonyl (C=O) groups is 1. The van der Waals surface area contributed by atoms with Gasteiger partial charge < -0.3 is 9.84 Å². The fourth-order valence-electron chi connectivity index (χ4n) is 2.09. The summed E-state index contributed by atoms with van der Waals surface area (Å²) in [4.78, 5) is 12.1. The summed E-state index contributed by atoms with van der Waals surface area (Å²) in [6, 6.07) is 13.4. The standard InChI is InChI=1S/C16H13IN2O2/c1-10-6-7-11(8-13(10)17)18-16(20)9-14-12-4-2-3-5-15(12)21-19-14/h2-8H,9H2,1H3,(H,18,20). The van der Waals surface area contributed by atoms with Gasteiger partial charge in [0.25, 0.3) is 0 Å². The first kappa shape index (κ1) is 14.1. The molecule has 0 aliphatic carbocycles. The number of nitrogens with zero attached hydrogens (tertiary/aromatic N) is 1. The molecule has 0 radical (unpaired) electrons. The van der Waals surface area contributed by atoms with Gasteiger partial charge in [-0.25, -0.2) is 0 Å². The van der Waals surface area contributed by atoms with Crippen LogP contribution in [0, 0.1) is 10.5 Å². The summed E-state index contributed by atoms with van der Waals surface area (Å²) >= 11 is 2.25. The molecule has 106 valence electrons. The van der Waals surface area contributed by atoms with Crippen LogP contribution in [0.15, 0.2) is 47.0 Å². The van der Waals surface area contributed by atoms with Crippen molar-refractivity contribution < 1.29 is 9.32 Å². The van der Waals surface area contributed by atoms with Crippen LogP contribution in [0.1, 0.15) is 11.3 Å². The number of aryl methyl sites for hydroxylation is 1. The molecule has 1 aromatic heterocycles. The van der Waals surface area contributed by atoms with Crippen molar-refractivity contribution in [1.82, 2.24) is 5.16 Å². The lowest BCUT2D eigenvalue weighted by atomic mass is 10.1. The largest absolute Gasteiger partial charge is 0.356 e. The molecule has 1 N–H and O–H groups in total. The van der Waals surface area contributed by atoms with Crippen LogP contribution >= 0.6 is 22.6 Å². The van der Waals surface area contributed by atoms with Gasteiger partial charge in [0.05, 0.1) is 6.42 Å². The number of carbonyl (C=O) groups excluding carboxylic acids is 1. The van der Waals surface area contributed by atoms with Crippen LogP contribution in [-0.4, -0.2) is 11.1 Å². The predicted octanol–water partition coefficient (Wildman–Crippen LogP) is 3.92. The van der Waals surface area contributed by atoms with Crippen LogP contribution in [0.5, 0.6) is 0 Å². The summed E-state index contributed by atoms with van der Waals surface area (Å²) in [7, 11) is 0. The van der Waals surface area contributed by atoms with Crippen molar-refractivity contribution in [3.63, 3.8) is 0 Å². The summed E-state index contributed by atoms with van der Waals surface area (Å²) in [5.41, 5.74) is 3.34. The SMILES string of the molecule is Cc1ccc(NC(=O)Cc2noc3ccccc23)cc1I. The second-order valence-electron chi connectivity index (χ2n) is 4.81. The van der Waals surface area contributed by atoms with Gasteiger partial charge in [0.15, 0.2) is 5.58 Å². The van der Waals surface area contributed by atoms with Crippen LogP contribution in [-0.2, 0) is 11.2 Å². The quantitative estimate of drug-likeness (QED) is 0.688. The molecule has 0 bridgehead atoms. The Labute approximate surface area is 135 Å². The maximum absolute atomic E-state index is 12.1. The topological polar surface area (TPSA) is 55.1 Å². The van der Waals surface area contributed by atoms with Crippen molar-refractivity contribution in [3.8, 4) is 0 Å². The van der Waals surface area contributed by atoms with Crippen LogP contribution in [0.2, 0.25) is 0 Å². The highest BCUT2D eigenvalue weighted by Gasteiger charge is 2.12. The molecule has 0 unspecified atom stereocenters. The molecule has 0 saturated heterocycles. The summed E-state index contributed by atoms with van der Waals surface area (Å²) < 4.78 is 6.33. The van der Waals surface area contributed by atoms with E-state index in [0.29, 0.717) is 11.3 Å². The lowest BCUT2D eigenvalue weighted by molar-refractivity contribution is -0.115. The maximum atomic E-state index is 12.1. The molecule has 1 amide bonds. The van der Waals surface area contributed by atoms with E-state index in [0.717, 1.165) is 14.6 Å². The number of para-hydroxylation sites is 1. The zero-order chi connectivity index (χ0) is 14.8. The zero-order valence-electron chi connectivity index (χ0n) is 11.4. The second-order valence-corrected chi connectivity index (χ2v) is 5.98. The minimum Gasteiger partial charge on any atom is -0.356 e. The Balaban J connectivity index is 1.75.